The summed E-state index contributed by atoms with van der Waals surface area (Å²) in [5.74, 6) is 0.817. The van der Waals surface area contributed by atoms with Crippen LogP contribution in [0, 0.1) is 0 Å². The number of aliphatic imine (C=N–C) groups is 1. The SMILES string of the molecule is CCCCC=CC1=NCCCO1. The van der Waals surface area contributed by atoms with Gasteiger partial charge in [0.05, 0.1) is 6.61 Å². The van der Waals surface area contributed by atoms with Gasteiger partial charge in [0.25, 0.3) is 0 Å². The number of hydrogen-bond donors (Lipinski definition) is 0. The van der Waals surface area contributed by atoms with Crippen LogP contribution in [0.5, 0.6) is 0 Å². The summed E-state index contributed by atoms with van der Waals surface area (Å²) in [5, 5.41) is 0. The molecule has 0 aromatic rings. The number of unbranched alkanes of at least 4 members (excludes halogenated alkanes) is 2. The van der Waals surface area contributed by atoms with Crippen LogP contribution in [0.2, 0.25) is 0 Å². The number of nitrogens with zero attached hydrogens (tertiary/aromatic N) is 1. The topological polar surface area (TPSA) is 21.6 Å². The fourth-order valence-corrected chi connectivity index (χ4v) is 1.08. The normalized spacial score (nSPS) is 17.6. The van der Waals surface area contributed by atoms with Crippen LogP contribution >= 0.6 is 0 Å². The quantitative estimate of drug-likeness (QED) is 0.590. The van der Waals surface area contributed by atoms with E-state index >= 15 is 0 Å². The molecule has 0 unspecified atom stereocenters. The highest BCUT2D eigenvalue weighted by Gasteiger charge is 2.00. The third kappa shape index (κ3) is 3.56. The van der Waals surface area contributed by atoms with Crippen molar-refractivity contribution in [2.75, 3.05) is 13.2 Å². The Morgan fingerprint density at radius 1 is 1.58 bits per heavy atom. The lowest BCUT2D eigenvalue weighted by atomic mass is 10.2. The molecule has 0 radical (unpaired) electrons. The van der Waals surface area contributed by atoms with Gasteiger partial charge >= 0.3 is 0 Å². The fourth-order valence-electron chi connectivity index (χ4n) is 1.08. The smallest absolute Gasteiger partial charge is 0.208 e. The highest BCUT2D eigenvalue weighted by atomic mass is 16.5. The molecule has 0 amide bonds. The molecule has 1 aliphatic rings. The fraction of sp³-hybridized carbons (Fsp3) is 0.700. The highest BCUT2D eigenvalue weighted by molar-refractivity contribution is 5.87. The maximum atomic E-state index is 5.32. The molecule has 1 rings (SSSR count). The zero-order valence-electron chi connectivity index (χ0n) is 7.75. The second-order valence-corrected chi connectivity index (χ2v) is 2.97. The van der Waals surface area contributed by atoms with Crippen LogP contribution in [-0.4, -0.2) is 19.0 Å². The maximum absolute atomic E-state index is 5.32. The average molecular weight is 167 g/mol. The summed E-state index contributed by atoms with van der Waals surface area (Å²) < 4.78 is 5.32. The van der Waals surface area contributed by atoms with Gasteiger partial charge in [0.1, 0.15) is 0 Å². The standard InChI is InChI=1S/C10H17NO/c1-2-3-4-5-7-10-11-8-6-9-12-10/h5,7H,2-4,6,8-9H2,1H3. The molecule has 1 heterocycles. The van der Waals surface area contributed by atoms with Crippen molar-refractivity contribution in [1.82, 2.24) is 0 Å². The molecule has 0 saturated carbocycles. The molecule has 2 heteroatoms. The molecule has 0 spiro atoms. The van der Waals surface area contributed by atoms with Crippen molar-refractivity contribution in [2.45, 2.75) is 32.6 Å². The number of hydrogen-bond acceptors (Lipinski definition) is 2. The van der Waals surface area contributed by atoms with E-state index in [0.29, 0.717) is 0 Å². The predicted octanol–water partition coefficient (Wildman–Crippen LogP) is 2.55. The van der Waals surface area contributed by atoms with Crippen molar-refractivity contribution in [2.24, 2.45) is 4.99 Å². The van der Waals surface area contributed by atoms with E-state index in [4.69, 9.17) is 4.74 Å². The lowest BCUT2D eigenvalue weighted by Gasteiger charge is -2.09. The van der Waals surface area contributed by atoms with Gasteiger partial charge in [0.2, 0.25) is 5.90 Å². The predicted molar refractivity (Wildman–Crippen MR) is 51.5 cm³/mol. The largest absolute Gasteiger partial charge is 0.478 e. The molecular formula is C10H17NO. The minimum Gasteiger partial charge on any atom is -0.478 e. The van der Waals surface area contributed by atoms with Crippen molar-refractivity contribution in [3.63, 3.8) is 0 Å². The molecule has 0 aliphatic carbocycles. The Morgan fingerprint density at radius 2 is 2.50 bits per heavy atom. The van der Waals surface area contributed by atoms with E-state index in [1.54, 1.807) is 0 Å². The van der Waals surface area contributed by atoms with Crippen molar-refractivity contribution >= 4 is 5.90 Å². The second kappa shape index (κ2) is 5.81. The molecule has 2 nitrogen and oxygen atoms in total. The first-order chi connectivity index (χ1) is 5.93. The third-order valence-corrected chi connectivity index (χ3v) is 1.80. The molecule has 0 aromatic carbocycles. The van der Waals surface area contributed by atoms with Crippen molar-refractivity contribution in [3.05, 3.63) is 12.2 Å². The van der Waals surface area contributed by atoms with Gasteiger partial charge in [-0.15, -0.1) is 0 Å². The molecular weight excluding hydrogens is 150 g/mol. The number of ether oxygens (including phenoxy) is 1. The summed E-state index contributed by atoms with van der Waals surface area (Å²) in [7, 11) is 0. The van der Waals surface area contributed by atoms with Gasteiger partial charge in [0.15, 0.2) is 0 Å². The first kappa shape index (κ1) is 9.30. The van der Waals surface area contributed by atoms with Crippen LogP contribution in [0.3, 0.4) is 0 Å². The first-order valence-corrected chi connectivity index (χ1v) is 4.77. The average Bonchev–Trinajstić information content (AvgIpc) is 2.14. The third-order valence-electron chi connectivity index (χ3n) is 1.80. The van der Waals surface area contributed by atoms with Gasteiger partial charge in [-0.1, -0.05) is 25.8 Å². The van der Waals surface area contributed by atoms with Crippen LogP contribution in [0.15, 0.2) is 17.1 Å². The Balaban J connectivity index is 2.19. The molecule has 0 N–H and O–H groups in total. The number of rotatable bonds is 4. The summed E-state index contributed by atoms with van der Waals surface area (Å²) >= 11 is 0. The van der Waals surface area contributed by atoms with Crippen LogP contribution in [-0.2, 0) is 4.74 Å². The van der Waals surface area contributed by atoms with Crippen molar-refractivity contribution in [1.29, 1.82) is 0 Å². The van der Waals surface area contributed by atoms with Gasteiger partial charge in [-0.3, -0.25) is 4.99 Å². The van der Waals surface area contributed by atoms with E-state index in [0.717, 1.165) is 31.9 Å². The molecule has 12 heavy (non-hydrogen) atoms. The second-order valence-electron chi connectivity index (χ2n) is 2.97. The lowest BCUT2D eigenvalue weighted by Crippen LogP contribution is -2.10. The molecule has 0 bridgehead atoms. The molecule has 0 aromatic heterocycles. The summed E-state index contributed by atoms with van der Waals surface area (Å²) in [5.41, 5.74) is 0. The molecule has 0 saturated heterocycles. The Hall–Kier alpha value is -0.790. The minimum atomic E-state index is 0.817. The molecule has 0 atom stereocenters. The summed E-state index contributed by atoms with van der Waals surface area (Å²) in [4.78, 5) is 4.23. The van der Waals surface area contributed by atoms with Gasteiger partial charge < -0.3 is 4.74 Å². The van der Waals surface area contributed by atoms with Crippen LogP contribution in [0.25, 0.3) is 0 Å². The van der Waals surface area contributed by atoms with E-state index in [-0.39, 0.29) is 0 Å². The van der Waals surface area contributed by atoms with E-state index in [1.807, 2.05) is 6.08 Å². The molecule has 68 valence electrons. The Labute approximate surface area is 74.3 Å². The summed E-state index contributed by atoms with van der Waals surface area (Å²) in [6, 6.07) is 0. The van der Waals surface area contributed by atoms with E-state index in [9.17, 15) is 0 Å². The highest BCUT2D eigenvalue weighted by Crippen LogP contribution is 2.00. The van der Waals surface area contributed by atoms with Gasteiger partial charge in [-0.05, 0) is 12.5 Å². The van der Waals surface area contributed by atoms with Crippen LogP contribution in [0.1, 0.15) is 32.6 Å². The summed E-state index contributed by atoms with van der Waals surface area (Å²) in [6.07, 6.45) is 8.84. The summed E-state index contributed by atoms with van der Waals surface area (Å²) in [6.45, 7) is 3.95. The molecule has 1 aliphatic heterocycles. The van der Waals surface area contributed by atoms with Crippen molar-refractivity contribution in [3.8, 4) is 0 Å². The zero-order valence-corrected chi connectivity index (χ0v) is 7.75. The van der Waals surface area contributed by atoms with Gasteiger partial charge in [-0.2, -0.15) is 0 Å². The van der Waals surface area contributed by atoms with E-state index < -0.39 is 0 Å². The monoisotopic (exact) mass is 167 g/mol. The van der Waals surface area contributed by atoms with Crippen LogP contribution < -0.4 is 0 Å². The minimum absolute atomic E-state index is 0.817. The molecule has 0 fully saturated rings. The van der Waals surface area contributed by atoms with E-state index in [2.05, 4.69) is 18.0 Å². The van der Waals surface area contributed by atoms with E-state index in [1.165, 1.54) is 12.8 Å². The Bertz CT molecular complexity index is 173. The van der Waals surface area contributed by atoms with Gasteiger partial charge in [-0.25, -0.2) is 0 Å². The lowest BCUT2D eigenvalue weighted by molar-refractivity contribution is 0.285. The Kier molecular flexibility index (Phi) is 4.50. The van der Waals surface area contributed by atoms with Crippen molar-refractivity contribution < 1.29 is 4.74 Å². The maximum Gasteiger partial charge on any atom is 0.208 e. The van der Waals surface area contributed by atoms with Gasteiger partial charge in [0, 0.05) is 13.0 Å². The van der Waals surface area contributed by atoms with Crippen LogP contribution in [0.4, 0.5) is 0 Å². The Morgan fingerprint density at radius 3 is 3.17 bits per heavy atom. The first-order valence-electron chi connectivity index (χ1n) is 4.77. The zero-order chi connectivity index (χ0) is 8.65. The number of allylic oxidation sites excluding steroid dienone is 1.